The van der Waals surface area contributed by atoms with E-state index in [-0.39, 0.29) is 12.5 Å². The third kappa shape index (κ3) is 4.62. The minimum Gasteiger partial charge on any atom is -0.488 e. The number of thiazole rings is 1. The second kappa shape index (κ2) is 8.66. The molecule has 166 valence electrons. The number of carbonyl (C=O) groups excluding carboxylic acids is 1. The molecule has 5 nitrogen and oxygen atoms in total. The number of methoxy groups -OCH3 is 1. The largest absolute Gasteiger partial charge is 0.488 e. The van der Waals surface area contributed by atoms with Gasteiger partial charge in [0.2, 0.25) is 0 Å². The highest BCUT2D eigenvalue weighted by Gasteiger charge is 2.30. The summed E-state index contributed by atoms with van der Waals surface area (Å²) in [5.41, 5.74) is 1.61. The number of esters is 1. The third-order valence-electron chi connectivity index (χ3n) is 4.99. The Hall–Kier alpha value is -3.33. The highest BCUT2D eigenvalue weighted by atomic mass is 32.1. The van der Waals surface area contributed by atoms with Gasteiger partial charge in [-0.05, 0) is 43.3 Å². The van der Waals surface area contributed by atoms with E-state index in [0.717, 1.165) is 33.6 Å². The lowest BCUT2D eigenvalue weighted by Gasteiger charge is -2.07. The summed E-state index contributed by atoms with van der Waals surface area (Å²) < 4.78 is 50.8. The van der Waals surface area contributed by atoms with Crippen LogP contribution in [-0.4, -0.2) is 22.6 Å². The van der Waals surface area contributed by atoms with Gasteiger partial charge in [0.1, 0.15) is 23.9 Å². The summed E-state index contributed by atoms with van der Waals surface area (Å²) in [6, 6.07) is 12.5. The number of fused-ring (bicyclic) bond motifs is 1. The second-order valence-corrected chi connectivity index (χ2v) is 8.22. The van der Waals surface area contributed by atoms with Gasteiger partial charge in [-0.3, -0.25) is 4.79 Å². The van der Waals surface area contributed by atoms with Crippen LogP contribution in [0.25, 0.3) is 21.5 Å². The number of hydrogen-bond donors (Lipinski definition) is 0. The van der Waals surface area contributed by atoms with E-state index in [4.69, 9.17) is 9.47 Å². The average Bonchev–Trinajstić information content (AvgIpc) is 3.34. The first kappa shape index (κ1) is 21.9. The van der Waals surface area contributed by atoms with Crippen LogP contribution in [0.15, 0.2) is 54.7 Å². The highest BCUT2D eigenvalue weighted by Crippen LogP contribution is 2.33. The smallest absolute Gasteiger partial charge is 0.416 e. The Morgan fingerprint density at radius 3 is 2.56 bits per heavy atom. The summed E-state index contributed by atoms with van der Waals surface area (Å²) in [4.78, 5) is 16.9. The molecule has 2 heterocycles. The van der Waals surface area contributed by atoms with Gasteiger partial charge in [-0.25, -0.2) is 4.98 Å². The third-order valence-corrected chi connectivity index (χ3v) is 6.17. The Balaban J connectivity index is 1.47. The van der Waals surface area contributed by atoms with Gasteiger partial charge in [-0.2, -0.15) is 13.2 Å². The molecule has 0 spiro atoms. The summed E-state index contributed by atoms with van der Waals surface area (Å²) in [6.07, 6.45) is -2.55. The van der Waals surface area contributed by atoms with Gasteiger partial charge in [0, 0.05) is 22.7 Å². The molecule has 0 saturated carbocycles. The van der Waals surface area contributed by atoms with Crippen LogP contribution in [0.3, 0.4) is 0 Å². The highest BCUT2D eigenvalue weighted by molar-refractivity contribution is 7.15. The van der Waals surface area contributed by atoms with Crippen LogP contribution in [0.2, 0.25) is 0 Å². The Bertz CT molecular complexity index is 1260. The van der Waals surface area contributed by atoms with Crippen LogP contribution < -0.4 is 4.74 Å². The van der Waals surface area contributed by atoms with Gasteiger partial charge < -0.3 is 14.0 Å². The molecular weight excluding hydrogens is 441 g/mol. The molecule has 32 heavy (non-hydrogen) atoms. The van der Waals surface area contributed by atoms with Crippen molar-refractivity contribution >= 4 is 28.2 Å². The molecule has 0 bridgehead atoms. The van der Waals surface area contributed by atoms with Crippen LogP contribution in [0.4, 0.5) is 13.2 Å². The van der Waals surface area contributed by atoms with Crippen LogP contribution in [0.5, 0.6) is 5.75 Å². The van der Waals surface area contributed by atoms with Crippen molar-refractivity contribution in [3.05, 3.63) is 70.9 Å². The topological polar surface area (TPSA) is 53.4 Å². The zero-order chi connectivity index (χ0) is 22.9. The number of ether oxygens (including phenoxy) is 2. The molecule has 0 fully saturated rings. The van der Waals surface area contributed by atoms with Gasteiger partial charge >= 0.3 is 12.1 Å². The van der Waals surface area contributed by atoms with E-state index in [9.17, 15) is 18.0 Å². The average molecular weight is 460 g/mol. The number of aryl methyl sites for hydroxylation is 1. The second-order valence-electron chi connectivity index (χ2n) is 7.13. The Morgan fingerprint density at radius 2 is 1.88 bits per heavy atom. The Morgan fingerprint density at radius 1 is 1.12 bits per heavy atom. The quantitative estimate of drug-likeness (QED) is 0.339. The number of halogens is 3. The predicted octanol–water partition coefficient (Wildman–Crippen LogP) is 5.84. The van der Waals surface area contributed by atoms with Crippen molar-refractivity contribution in [2.24, 2.45) is 0 Å². The molecule has 0 aliphatic rings. The molecule has 0 aliphatic carbocycles. The predicted molar refractivity (Wildman–Crippen MR) is 116 cm³/mol. The van der Waals surface area contributed by atoms with Gasteiger partial charge in [-0.1, -0.05) is 12.1 Å². The minimum absolute atomic E-state index is 0.132. The number of aromatic nitrogens is 2. The fourth-order valence-electron chi connectivity index (χ4n) is 3.25. The SMILES string of the molecule is COC(=O)Cn1ccc2cc(OCc3sc(-c4ccc(C(F)(F)F)cc4)nc3C)ccc21. The number of nitrogens with zero attached hydrogens (tertiary/aromatic N) is 2. The van der Waals surface area contributed by atoms with E-state index in [1.165, 1.54) is 30.6 Å². The van der Waals surface area contributed by atoms with Crippen LogP contribution in [0, 0.1) is 6.92 Å². The maximum atomic E-state index is 12.8. The summed E-state index contributed by atoms with van der Waals surface area (Å²) >= 11 is 1.39. The number of benzene rings is 2. The fourth-order valence-corrected chi connectivity index (χ4v) is 4.23. The maximum Gasteiger partial charge on any atom is 0.416 e. The normalized spacial score (nSPS) is 11.7. The molecule has 2 aromatic carbocycles. The van der Waals surface area contributed by atoms with Crippen molar-refractivity contribution in [2.75, 3.05) is 7.11 Å². The summed E-state index contributed by atoms with van der Waals surface area (Å²) in [7, 11) is 1.35. The molecule has 0 amide bonds. The van der Waals surface area contributed by atoms with E-state index in [2.05, 4.69) is 4.98 Å². The number of carbonyl (C=O) groups is 1. The number of hydrogen-bond acceptors (Lipinski definition) is 5. The van der Waals surface area contributed by atoms with E-state index in [1.54, 1.807) is 4.57 Å². The molecule has 0 saturated heterocycles. The molecule has 0 N–H and O–H groups in total. The van der Waals surface area contributed by atoms with Crippen molar-refractivity contribution < 1.29 is 27.4 Å². The molecular formula is C23H19F3N2O3S. The number of rotatable bonds is 6. The molecule has 0 atom stereocenters. The first-order valence-electron chi connectivity index (χ1n) is 9.67. The van der Waals surface area contributed by atoms with Crippen molar-refractivity contribution in [1.29, 1.82) is 0 Å². The zero-order valence-corrected chi connectivity index (χ0v) is 18.1. The van der Waals surface area contributed by atoms with Gasteiger partial charge in [-0.15, -0.1) is 11.3 Å². The molecule has 0 radical (unpaired) electrons. The maximum absolute atomic E-state index is 12.8. The molecule has 4 rings (SSSR count). The van der Waals surface area contributed by atoms with E-state index in [1.807, 2.05) is 37.4 Å². The molecule has 0 unspecified atom stereocenters. The first-order valence-corrected chi connectivity index (χ1v) is 10.5. The summed E-state index contributed by atoms with van der Waals surface area (Å²) in [5, 5.41) is 1.57. The number of alkyl halides is 3. The van der Waals surface area contributed by atoms with Crippen LogP contribution in [0.1, 0.15) is 16.1 Å². The lowest BCUT2D eigenvalue weighted by molar-refractivity contribution is -0.141. The Kier molecular flexibility index (Phi) is 5.92. The fraction of sp³-hybridized carbons (Fsp3) is 0.217. The lowest BCUT2D eigenvalue weighted by atomic mass is 10.1. The standard InChI is InChI=1S/C23H19F3N2O3S/c1-14-20(32-22(27-14)15-3-5-17(6-4-15)23(24,25)26)13-31-18-7-8-19-16(11-18)9-10-28(19)12-21(29)30-2/h3-11H,12-13H2,1-2H3. The van der Waals surface area contributed by atoms with E-state index in [0.29, 0.717) is 22.9 Å². The van der Waals surface area contributed by atoms with E-state index >= 15 is 0 Å². The van der Waals surface area contributed by atoms with Crippen molar-refractivity contribution in [1.82, 2.24) is 9.55 Å². The monoisotopic (exact) mass is 460 g/mol. The summed E-state index contributed by atoms with van der Waals surface area (Å²) in [5.74, 6) is 0.338. The van der Waals surface area contributed by atoms with Crippen molar-refractivity contribution in [2.45, 2.75) is 26.3 Å². The molecule has 4 aromatic rings. The molecule has 2 aromatic heterocycles. The lowest BCUT2D eigenvalue weighted by Crippen LogP contribution is -2.10. The van der Waals surface area contributed by atoms with Crippen molar-refractivity contribution in [3.63, 3.8) is 0 Å². The van der Waals surface area contributed by atoms with Crippen LogP contribution >= 0.6 is 11.3 Å². The van der Waals surface area contributed by atoms with Crippen molar-refractivity contribution in [3.8, 4) is 16.3 Å². The zero-order valence-electron chi connectivity index (χ0n) is 17.3. The molecule has 9 heteroatoms. The van der Waals surface area contributed by atoms with Gasteiger partial charge in [0.25, 0.3) is 0 Å². The summed E-state index contributed by atoms with van der Waals surface area (Å²) in [6.45, 7) is 2.27. The first-order chi connectivity index (χ1) is 15.2. The Labute approximate surface area is 186 Å². The molecule has 0 aliphatic heterocycles. The minimum atomic E-state index is -4.36. The van der Waals surface area contributed by atoms with Gasteiger partial charge in [0.15, 0.2) is 0 Å². The van der Waals surface area contributed by atoms with Crippen LogP contribution in [-0.2, 0) is 28.9 Å². The van der Waals surface area contributed by atoms with E-state index < -0.39 is 11.7 Å². The van der Waals surface area contributed by atoms with Gasteiger partial charge in [0.05, 0.1) is 23.2 Å².